The van der Waals surface area contributed by atoms with Crippen molar-refractivity contribution in [3.63, 3.8) is 0 Å². The standard InChI is InChI=1S/C19H22N6O4S/c1-4-20-19(27)23-13-6-5-12(11-22-13)17-24-14(15(30-17)18(26)29-3)16-21-7-8-25(16)9-10-28-2/h5-8,11H,4,9-10H2,1-3H3,(H2,20,22,23,27). The van der Waals surface area contributed by atoms with E-state index in [-0.39, 0.29) is 6.03 Å². The van der Waals surface area contributed by atoms with Crippen LogP contribution >= 0.6 is 11.3 Å². The van der Waals surface area contributed by atoms with E-state index >= 15 is 0 Å². The lowest BCUT2D eigenvalue weighted by Gasteiger charge is -2.06. The van der Waals surface area contributed by atoms with Crippen LogP contribution in [0.5, 0.6) is 0 Å². The molecule has 0 atom stereocenters. The molecule has 0 bridgehead atoms. The highest BCUT2D eigenvalue weighted by Gasteiger charge is 2.24. The van der Waals surface area contributed by atoms with Crippen LogP contribution in [0, 0.1) is 0 Å². The van der Waals surface area contributed by atoms with Crippen molar-refractivity contribution in [3.8, 4) is 22.1 Å². The summed E-state index contributed by atoms with van der Waals surface area (Å²) in [5.74, 6) is 0.472. The van der Waals surface area contributed by atoms with Crippen LogP contribution in [0.25, 0.3) is 22.1 Å². The second-order valence-electron chi connectivity index (χ2n) is 6.04. The van der Waals surface area contributed by atoms with Gasteiger partial charge in [-0.15, -0.1) is 11.3 Å². The van der Waals surface area contributed by atoms with Crippen molar-refractivity contribution in [2.45, 2.75) is 13.5 Å². The second kappa shape index (κ2) is 9.94. The molecule has 158 valence electrons. The molecular weight excluding hydrogens is 408 g/mol. The minimum atomic E-state index is -0.488. The number of esters is 1. The summed E-state index contributed by atoms with van der Waals surface area (Å²) >= 11 is 1.19. The number of pyridine rings is 1. The molecule has 0 unspecified atom stereocenters. The normalized spacial score (nSPS) is 10.6. The fourth-order valence-corrected chi connectivity index (χ4v) is 3.61. The van der Waals surface area contributed by atoms with Gasteiger partial charge in [-0.2, -0.15) is 0 Å². The Balaban J connectivity index is 1.93. The summed E-state index contributed by atoms with van der Waals surface area (Å²) in [4.78, 5) is 37.6. The van der Waals surface area contributed by atoms with Crippen molar-refractivity contribution in [1.29, 1.82) is 0 Å². The molecule has 0 saturated carbocycles. The zero-order valence-corrected chi connectivity index (χ0v) is 17.7. The number of hydrogen-bond acceptors (Lipinski definition) is 8. The quantitative estimate of drug-likeness (QED) is 0.527. The predicted molar refractivity (Wildman–Crippen MR) is 112 cm³/mol. The van der Waals surface area contributed by atoms with Crippen molar-refractivity contribution in [2.75, 3.05) is 32.7 Å². The summed E-state index contributed by atoms with van der Waals surface area (Å²) in [7, 11) is 2.95. The molecule has 0 fully saturated rings. The van der Waals surface area contributed by atoms with Crippen LogP contribution in [0.1, 0.15) is 16.6 Å². The molecule has 3 aromatic heterocycles. The molecule has 11 heteroatoms. The zero-order chi connectivity index (χ0) is 21.5. The van der Waals surface area contributed by atoms with E-state index in [0.717, 1.165) is 0 Å². The zero-order valence-electron chi connectivity index (χ0n) is 16.8. The van der Waals surface area contributed by atoms with Crippen LogP contribution in [0.15, 0.2) is 30.7 Å². The minimum absolute atomic E-state index is 0.329. The van der Waals surface area contributed by atoms with Crippen molar-refractivity contribution in [1.82, 2.24) is 24.8 Å². The maximum Gasteiger partial charge on any atom is 0.350 e. The van der Waals surface area contributed by atoms with Crippen molar-refractivity contribution in [3.05, 3.63) is 35.6 Å². The Labute approximate surface area is 177 Å². The van der Waals surface area contributed by atoms with Gasteiger partial charge in [0.2, 0.25) is 0 Å². The molecule has 2 N–H and O–H groups in total. The number of aromatic nitrogens is 4. The molecule has 3 aromatic rings. The third kappa shape index (κ3) is 4.81. The number of urea groups is 1. The Hall–Kier alpha value is -3.31. The summed E-state index contributed by atoms with van der Waals surface area (Å²) in [5, 5.41) is 5.86. The number of methoxy groups -OCH3 is 2. The molecule has 0 aliphatic heterocycles. The fourth-order valence-electron chi connectivity index (χ4n) is 2.64. The topological polar surface area (TPSA) is 120 Å². The maximum atomic E-state index is 12.4. The first-order valence-corrected chi connectivity index (χ1v) is 9.99. The SMILES string of the molecule is CCNC(=O)Nc1ccc(-c2nc(-c3nccn3CCOC)c(C(=O)OC)s2)cn1. The van der Waals surface area contributed by atoms with E-state index in [1.54, 1.807) is 37.8 Å². The highest BCUT2D eigenvalue weighted by atomic mass is 32.1. The monoisotopic (exact) mass is 430 g/mol. The van der Waals surface area contributed by atoms with Crippen molar-refractivity contribution < 1.29 is 19.1 Å². The number of anilines is 1. The fraction of sp³-hybridized carbons (Fsp3) is 0.316. The largest absolute Gasteiger partial charge is 0.465 e. The van der Waals surface area contributed by atoms with E-state index in [1.165, 1.54) is 18.4 Å². The summed E-state index contributed by atoms with van der Waals surface area (Å²) in [6.07, 6.45) is 5.04. The highest BCUT2D eigenvalue weighted by Crippen LogP contribution is 2.33. The number of ether oxygens (including phenoxy) is 2. The highest BCUT2D eigenvalue weighted by molar-refractivity contribution is 7.17. The van der Waals surface area contributed by atoms with Gasteiger partial charge < -0.3 is 19.4 Å². The Morgan fingerprint density at radius 2 is 2.07 bits per heavy atom. The van der Waals surface area contributed by atoms with Gasteiger partial charge in [0.15, 0.2) is 5.82 Å². The van der Waals surface area contributed by atoms with Gasteiger partial charge in [-0.3, -0.25) is 5.32 Å². The number of carbonyl (C=O) groups excluding carboxylic acids is 2. The first-order valence-electron chi connectivity index (χ1n) is 9.18. The number of nitrogens with zero attached hydrogens (tertiary/aromatic N) is 4. The average Bonchev–Trinajstić information content (AvgIpc) is 3.39. The molecule has 0 aliphatic rings. The van der Waals surface area contributed by atoms with Gasteiger partial charge in [0.05, 0.1) is 13.7 Å². The number of thiazole rings is 1. The first kappa shape index (κ1) is 21.4. The molecule has 0 saturated heterocycles. The van der Waals surface area contributed by atoms with E-state index in [9.17, 15) is 9.59 Å². The van der Waals surface area contributed by atoms with Gasteiger partial charge in [0.25, 0.3) is 0 Å². The Bertz CT molecular complexity index is 1010. The summed E-state index contributed by atoms with van der Waals surface area (Å²) in [5.41, 5.74) is 1.14. The van der Waals surface area contributed by atoms with E-state index in [2.05, 4.69) is 25.6 Å². The molecule has 3 rings (SSSR count). The van der Waals surface area contributed by atoms with Crippen molar-refractivity contribution in [2.24, 2.45) is 0 Å². The van der Waals surface area contributed by atoms with E-state index < -0.39 is 5.97 Å². The van der Waals surface area contributed by atoms with Crippen molar-refractivity contribution >= 4 is 29.2 Å². The van der Waals surface area contributed by atoms with Crippen LogP contribution in [0.4, 0.5) is 10.6 Å². The van der Waals surface area contributed by atoms with Gasteiger partial charge in [0.1, 0.15) is 21.4 Å². The van der Waals surface area contributed by atoms with Crippen LogP contribution in [-0.4, -0.2) is 58.9 Å². The lowest BCUT2D eigenvalue weighted by Crippen LogP contribution is -2.28. The predicted octanol–water partition coefficient (Wildman–Crippen LogP) is 2.64. The van der Waals surface area contributed by atoms with Gasteiger partial charge in [-0.25, -0.2) is 24.5 Å². The third-order valence-electron chi connectivity index (χ3n) is 4.05. The first-order chi connectivity index (χ1) is 14.6. The lowest BCUT2D eigenvalue weighted by molar-refractivity contribution is 0.0606. The van der Waals surface area contributed by atoms with E-state index in [4.69, 9.17) is 9.47 Å². The maximum absolute atomic E-state index is 12.4. The molecule has 3 heterocycles. The summed E-state index contributed by atoms with van der Waals surface area (Å²) in [6, 6.07) is 3.11. The van der Waals surface area contributed by atoms with E-state index in [1.807, 2.05) is 11.5 Å². The van der Waals surface area contributed by atoms with Crippen LogP contribution in [0.2, 0.25) is 0 Å². The molecule has 0 aromatic carbocycles. The van der Waals surface area contributed by atoms with Gasteiger partial charge in [0, 0.05) is 44.4 Å². The van der Waals surface area contributed by atoms with Gasteiger partial charge >= 0.3 is 12.0 Å². The Kier molecular flexibility index (Phi) is 7.09. The average molecular weight is 430 g/mol. The number of rotatable bonds is 8. The lowest BCUT2D eigenvalue weighted by atomic mass is 10.3. The second-order valence-corrected chi connectivity index (χ2v) is 7.04. The number of hydrogen-bond donors (Lipinski definition) is 2. The van der Waals surface area contributed by atoms with E-state index in [0.29, 0.717) is 52.5 Å². The molecule has 0 spiro atoms. The van der Waals surface area contributed by atoms with Crippen LogP contribution < -0.4 is 10.6 Å². The minimum Gasteiger partial charge on any atom is -0.465 e. The van der Waals surface area contributed by atoms with Gasteiger partial charge in [-0.1, -0.05) is 0 Å². The molecular formula is C19H22N6O4S. The Morgan fingerprint density at radius 1 is 1.23 bits per heavy atom. The number of amides is 2. The van der Waals surface area contributed by atoms with Crippen LogP contribution in [0.3, 0.4) is 0 Å². The molecule has 10 nitrogen and oxygen atoms in total. The number of imidazole rings is 1. The third-order valence-corrected chi connectivity index (χ3v) is 5.14. The molecule has 2 amide bonds. The summed E-state index contributed by atoms with van der Waals surface area (Å²) in [6.45, 7) is 3.41. The van der Waals surface area contributed by atoms with Gasteiger partial charge in [-0.05, 0) is 19.1 Å². The molecule has 30 heavy (non-hydrogen) atoms. The smallest absolute Gasteiger partial charge is 0.350 e. The number of nitrogens with one attached hydrogen (secondary N) is 2. The molecule has 0 radical (unpaired) electrons. The number of carbonyl (C=O) groups is 2. The Morgan fingerprint density at radius 3 is 2.73 bits per heavy atom. The van der Waals surface area contributed by atoms with Crippen LogP contribution in [-0.2, 0) is 16.0 Å². The summed E-state index contributed by atoms with van der Waals surface area (Å²) < 4.78 is 11.9. The molecule has 0 aliphatic carbocycles.